The Kier molecular flexibility index (Phi) is 15.7. The van der Waals surface area contributed by atoms with Crippen LogP contribution in [0.15, 0.2) is 40.5 Å². The number of aliphatic carboxylic acids is 1. The van der Waals surface area contributed by atoms with Crippen LogP contribution in [0.1, 0.15) is 130 Å². The van der Waals surface area contributed by atoms with E-state index in [2.05, 4.69) is 40.8 Å². The number of alkyl carbamates (subject to hydrolysis) is 1. The van der Waals surface area contributed by atoms with Crippen LogP contribution in [0.5, 0.6) is 0 Å². The van der Waals surface area contributed by atoms with Gasteiger partial charge in [-0.25, -0.2) is 14.6 Å². The zero-order chi connectivity index (χ0) is 40.3. The number of carbonyl (C=O) groups excluding carboxylic acids is 3. The fourth-order valence-corrected chi connectivity index (χ4v) is 8.01. The molecule has 3 aliphatic rings. The SMILES string of the molecule is CC(C)(C)OC(=O)NCC(=O)N1CCCC1C(N)=O.CC(C)n1c(=O)[nH]c2c(-c3nc(C4CCCC4)cs3)cccc21.CCCCC/C=C\C1CC1C(=O)O. The Balaban J connectivity index is 0.000000191. The van der Waals surface area contributed by atoms with E-state index in [1.54, 1.807) is 32.1 Å². The highest BCUT2D eigenvalue weighted by atomic mass is 32.1. The Morgan fingerprint density at radius 2 is 1.85 bits per heavy atom. The maximum absolute atomic E-state index is 12.3. The number of ether oxygens (including phenoxy) is 1. The van der Waals surface area contributed by atoms with Gasteiger partial charge in [-0.15, -0.1) is 11.3 Å². The van der Waals surface area contributed by atoms with Crippen molar-refractivity contribution in [3.63, 3.8) is 0 Å². The first kappa shape index (κ1) is 43.3. The number of primary amides is 1. The normalized spacial score (nSPS) is 19.5. The molecule has 6 rings (SSSR count). The van der Waals surface area contributed by atoms with Gasteiger partial charge in [0.05, 0.1) is 22.6 Å². The predicted octanol–water partition coefficient (Wildman–Crippen LogP) is 7.52. The number of carbonyl (C=O) groups is 4. The molecule has 0 bridgehead atoms. The van der Waals surface area contributed by atoms with Crippen LogP contribution in [0.4, 0.5) is 4.79 Å². The van der Waals surface area contributed by atoms with Crippen molar-refractivity contribution in [2.75, 3.05) is 13.1 Å². The molecule has 2 saturated carbocycles. The van der Waals surface area contributed by atoms with Crippen LogP contribution in [-0.2, 0) is 19.1 Å². The molecule has 3 aromatic rings. The van der Waals surface area contributed by atoms with E-state index in [4.69, 9.17) is 20.6 Å². The number of nitrogens with zero attached hydrogens (tertiary/aromatic N) is 3. The average molecular weight is 781 g/mol. The molecule has 5 N–H and O–H groups in total. The number of rotatable bonds is 12. The largest absolute Gasteiger partial charge is 0.481 e. The summed E-state index contributed by atoms with van der Waals surface area (Å²) in [5.74, 6) is -0.599. The number of H-pyrrole nitrogens is 1. The van der Waals surface area contributed by atoms with Gasteiger partial charge in [-0.1, -0.05) is 50.8 Å². The molecule has 2 aromatic heterocycles. The number of carboxylic acids is 1. The van der Waals surface area contributed by atoms with Crippen molar-refractivity contribution < 1.29 is 29.0 Å². The monoisotopic (exact) mass is 780 g/mol. The quantitative estimate of drug-likeness (QED) is 0.107. The lowest BCUT2D eigenvalue weighted by Crippen LogP contribution is -2.48. The van der Waals surface area contributed by atoms with Crippen molar-refractivity contribution in [2.24, 2.45) is 17.6 Å². The number of unbranched alkanes of at least 4 members (excludes halogenated alkanes) is 3. The fourth-order valence-electron chi connectivity index (χ4n) is 7.08. The van der Waals surface area contributed by atoms with Gasteiger partial charge in [0, 0.05) is 29.4 Å². The lowest BCUT2D eigenvalue weighted by molar-refractivity contribution is -0.138. The van der Waals surface area contributed by atoms with Crippen LogP contribution in [0.3, 0.4) is 0 Å². The first-order valence-electron chi connectivity index (χ1n) is 19.7. The number of fused-ring (bicyclic) bond motifs is 1. The molecule has 3 unspecified atom stereocenters. The molecule has 0 spiro atoms. The highest BCUT2D eigenvalue weighted by molar-refractivity contribution is 7.13. The van der Waals surface area contributed by atoms with Crippen LogP contribution >= 0.6 is 11.3 Å². The van der Waals surface area contributed by atoms with Gasteiger partial charge in [-0.2, -0.15) is 0 Å². The summed E-state index contributed by atoms with van der Waals surface area (Å²) in [6.45, 7) is 11.7. The smallest absolute Gasteiger partial charge is 0.408 e. The van der Waals surface area contributed by atoms with Gasteiger partial charge in [0.25, 0.3) is 0 Å². The van der Waals surface area contributed by atoms with Gasteiger partial charge in [0.2, 0.25) is 11.8 Å². The number of thiazole rings is 1. The van der Waals surface area contributed by atoms with Crippen LogP contribution in [0.25, 0.3) is 21.6 Å². The molecule has 1 aliphatic heterocycles. The number of aromatic nitrogens is 3. The molecule has 3 fully saturated rings. The zero-order valence-corrected chi connectivity index (χ0v) is 34.1. The average Bonchev–Trinajstić information content (AvgIpc) is 3.64. The van der Waals surface area contributed by atoms with Crippen molar-refractivity contribution in [3.8, 4) is 10.6 Å². The number of amides is 3. The van der Waals surface area contributed by atoms with Crippen LogP contribution in [0, 0.1) is 11.8 Å². The summed E-state index contributed by atoms with van der Waals surface area (Å²) in [6.07, 6.45) is 15.7. The van der Waals surface area contributed by atoms with Crippen LogP contribution in [0.2, 0.25) is 0 Å². The second kappa shape index (κ2) is 19.9. The highest BCUT2D eigenvalue weighted by Gasteiger charge is 2.41. The number of likely N-dealkylation sites (tertiary alicyclic amines) is 1. The summed E-state index contributed by atoms with van der Waals surface area (Å²) < 4.78 is 6.82. The summed E-state index contributed by atoms with van der Waals surface area (Å²) >= 11 is 1.69. The van der Waals surface area contributed by atoms with Crippen molar-refractivity contribution >= 4 is 46.2 Å². The summed E-state index contributed by atoms with van der Waals surface area (Å²) in [4.78, 5) is 66.5. The molecule has 13 nitrogen and oxygen atoms in total. The third-order valence-corrected chi connectivity index (χ3v) is 10.9. The molecule has 55 heavy (non-hydrogen) atoms. The number of nitrogens with two attached hydrogens (primary N) is 1. The number of hydrogen-bond acceptors (Lipinski definition) is 8. The number of benzene rings is 1. The Morgan fingerprint density at radius 1 is 1.13 bits per heavy atom. The number of aromatic amines is 1. The molecule has 3 amide bonds. The van der Waals surface area contributed by atoms with E-state index in [1.807, 2.05) is 30.5 Å². The van der Waals surface area contributed by atoms with Crippen molar-refractivity contribution in [1.29, 1.82) is 0 Å². The molecule has 1 saturated heterocycles. The van der Waals surface area contributed by atoms with E-state index < -0.39 is 29.6 Å². The minimum absolute atomic E-state index is 0.0463. The van der Waals surface area contributed by atoms with E-state index >= 15 is 0 Å². The van der Waals surface area contributed by atoms with Crippen LogP contribution in [-0.4, -0.2) is 73.2 Å². The number of para-hydroxylation sites is 1. The van der Waals surface area contributed by atoms with Crippen molar-refractivity contribution in [3.05, 3.63) is 51.9 Å². The zero-order valence-electron chi connectivity index (χ0n) is 33.3. The Bertz CT molecular complexity index is 1850. The van der Waals surface area contributed by atoms with Gasteiger partial charge in [0.15, 0.2) is 0 Å². The number of imidazole rings is 1. The number of carboxylic acid groups (broad SMARTS) is 1. The number of nitrogens with one attached hydrogen (secondary N) is 2. The van der Waals surface area contributed by atoms with Gasteiger partial charge in [0.1, 0.15) is 23.2 Å². The van der Waals surface area contributed by atoms with E-state index in [-0.39, 0.29) is 30.1 Å². The first-order valence-corrected chi connectivity index (χ1v) is 20.6. The Morgan fingerprint density at radius 3 is 2.47 bits per heavy atom. The minimum atomic E-state index is -0.657. The second-order valence-electron chi connectivity index (χ2n) is 15.9. The summed E-state index contributed by atoms with van der Waals surface area (Å²) in [5, 5.41) is 14.2. The van der Waals surface area contributed by atoms with E-state index in [0.29, 0.717) is 24.8 Å². The van der Waals surface area contributed by atoms with Gasteiger partial charge in [-0.3, -0.25) is 19.0 Å². The predicted molar refractivity (Wildman–Crippen MR) is 216 cm³/mol. The molecule has 3 heterocycles. The summed E-state index contributed by atoms with van der Waals surface area (Å²) in [6, 6.07) is 5.65. The molecular formula is C41H60N6O7S. The Hall–Kier alpha value is -4.46. The minimum Gasteiger partial charge on any atom is -0.481 e. The standard InChI is InChI=1S/C18H21N3OS.C12H21N3O4.C11H18O2/c1-11(2)21-15-9-5-8-13(16(15)20-18(21)22)17-19-14(10-23-17)12-6-3-4-7-12;1-12(2,3)19-11(18)14-7-9(16)15-6-4-5-8(15)10(13)17;1-2-3-4-5-6-7-9-8-10(9)11(12)13/h5,8-12H,3-4,6-7H2,1-2H3,(H,20,22);8H,4-7H2,1-3H3,(H2,13,17)(H,14,18);6-7,9-10H,2-5,8H2,1H3,(H,12,13)/b;;7-6-. The Labute approximate surface area is 328 Å². The maximum atomic E-state index is 12.3. The molecule has 302 valence electrons. The van der Waals surface area contributed by atoms with E-state index in [1.165, 1.54) is 55.5 Å². The third-order valence-electron chi connectivity index (χ3n) is 9.99. The van der Waals surface area contributed by atoms with Crippen molar-refractivity contribution in [1.82, 2.24) is 24.8 Å². The number of allylic oxidation sites excluding steroid dienone is 2. The third kappa shape index (κ3) is 12.5. The topological polar surface area (TPSA) is 190 Å². The van der Waals surface area contributed by atoms with Crippen molar-refractivity contribution in [2.45, 2.75) is 136 Å². The lowest BCUT2D eigenvalue weighted by atomic mass is 10.1. The summed E-state index contributed by atoms with van der Waals surface area (Å²) in [7, 11) is 0. The number of hydrogen-bond donors (Lipinski definition) is 4. The maximum Gasteiger partial charge on any atom is 0.408 e. The molecule has 3 atom stereocenters. The van der Waals surface area contributed by atoms with Gasteiger partial charge in [-0.05, 0) is 97.6 Å². The highest BCUT2D eigenvalue weighted by Crippen LogP contribution is 2.40. The van der Waals surface area contributed by atoms with Gasteiger partial charge >= 0.3 is 17.8 Å². The fraction of sp³-hybridized carbons (Fsp3) is 0.610. The second-order valence-corrected chi connectivity index (χ2v) is 16.8. The molecule has 2 aliphatic carbocycles. The van der Waals surface area contributed by atoms with E-state index in [9.17, 15) is 24.0 Å². The van der Waals surface area contributed by atoms with E-state index in [0.717, 1.165) is 40.9 Å². The summed E-state index contributed by atoms with van der Waals surface area (Å²) in [5.41, 5.74) is 8.68. The molecular weight excluding hydrogens is 721 g/mol. The first-order chi connectivity index (χ1) is 26.1. The lowest BCUT2D eigenvalue weighted by Gasteiger charge is -2.23. The van der Waals surface area contributed by atoms with Gasteiger partial charge < -0.3 is 30.8 Å². The molecule has 1 aromatic carbocycles. The van der Waals surface area contributed by atoms with Crippen LogP contribution < -0.4 is 16.7 Å². The molecule has 0 radical (unpaired) electrons. The molecule has 14 heteroatoms.